The van der Waals surface area contributed by atoms with Crippen molar-refractivity contribution in [3.05, 3.63) is 24.3 Å². The van der Waals surface area contributed by atoms with E-state index in [1.807, 2.05) is 6.92 Å². The van der Waals surface area contributed by atoms with E-state index in [9.17, 15) is 21.6 Å². The second-order valence-electron chi connectivity index (χ2n) is 5.48. The molecule has 1 aromatic carbocycles. The van der Waals surface area contributed by atoms with Gasteiger partial charge in [0.25, 0.3) is 0 Å². The van der Waals surface area contributed by atoms with Crippen LogP contribution in [0.25, 0.3) is 0 Å². The maximum Gasteiger partial charge on any atom is 0.322 e. The van der Waals surface area contributed by atoms with Crippen LogP contribution in [0.5, 0.6) is 0 Å². The number of aliphatic carboxylic acids is 1. The van der Waals surface area contributed by atoms with Crippen LogP contribution in [0.4, 0.5) is 0 Å². The van der Waals surface area contributed by atoms with E-state index in [2.05, 4.69) is 4.72 Å². The zero-order valence-electron chi connectivity index (χ0n) is 13.2. The Balaban J connectivity index is 2.28. The minimum atomic E-state index is -3.97. The van der Waals surface area contributed by atoms with Crippen molar-refractivity contribution >= 4 is 26.0 Å². The number of sulfonamides is 2. The van der Waals surface area contributed by atoms with E-state index in [0.29, 0.717) is 12.8 Å². The third-order valence-corrected chi connectivity index (χ3v) is 7.17. The van der Waals surface area contributed by atoms with Crippen LogP contribution in [0.1, 0.15) is 26.2 Å². The first kappa shape index (κ1) is 18.8. The highest BCUT2D eigenvalue weighted by Gasteiger charge is 2.39. The Bertz CT molecular complexity index is 802. The van der Waals surface area contributed by atoms with Crippen molar-refractivity contribution in [3.8, 4) is 0 Å². The molecule has 1 aromatic rings. The number of nitrogens with zero attached hydrogens (tertiary/aromatic N) is 1. The molecule has 0 radical (unpaired) electrons. The van der Waals surface area contributed by atoms with Crippen LogP contribution in [0.3, 0.4) is 0 Å². The Labute approximate surface area is 141 Å². The monoisotopic (exact) mass is 376 g/mol. The molecule has 1 unspecified atom stereocenters. The fourth-order valence-corrected chi connectivity index (χ4v) is 5.31. The maximum atomic E-state index is 12.6. The van der Waals surface area contributed by atoms with Crippen LogP contribution >= 0.6 is 0 Å². The predicted molar refractivity (Wildman–Crippen MR) is 86.5 cm³/mol. The summed E-state index contributed by atoms with van der Waals surface area (Å²) in [5.41, 5.74) is 0. The highest BCUT2D eigenvalue weighted by atomic mass is 32.2. The van der Waals surface area contributed by atoms with E-state index in [1.165, 1.54) is 24.3 Å². The van der Waals surface area contributed by atoms with Crippen LogP contribution in [0.15, 0.2) is 34.1 Å². The van der Waals surface area contributed by atoms with Crippen molar-refractivity contribution < 1.29 is 26.7 Å². The largest absolute Gasteiger partial charge is 0.480 e. The Morgan fingerprint density at radius 3 is 2.33 bits per heavy atom. The highest BCUT2D eigenvalue weighted by Crippen LogP contribution is 2.26. The SMILES string of the molecule is CCCNS(=O)(=O)c1ccc(S(=O)(=O)N2CCCC2C(=O)O)cc1. The predicted octanol–water partition coefficient (Wildman–Crippen LogP) is 0.613. The summed E-state index contributed by atoms with van der Waals surface area (Å²) in [5.74, 6) is -1.18. The minimum absolute atomic E-state index is 0.0360. The fourth-order valence-electron chi connectivity index (χ4n) is 2.52. The molecule has 8 nitrogen and oxygen atoms in total. The van der Waals surface area contributed by atoms with E-state index in [-0.39, 0.29) is 29.3 Å². The summed E-state index contributed by atoms with van der Waals surface area (Å²) in [6, 6.07) is 3.71. The summed E-state index contributed by atoms with van der Waals surface area (Å²) >= 11 is 0. The Morgan fingerprint density at radius 2 is 1.79 bits per heavy atom. The molecule has 0 spiro atoms. The van der Waals surface area contributed by atoms with Crippen LogP contribution in [0, 0.1) is 0 Å². The summed E-state index contributed by atoms with van der Waals surface area (Å²) < 4.78 is 52.5. The van der Waals surface area contributed by atoms with Gasteiger partial charge in [-0.15, -0.1) is 0 Å². The molecule has 0 saturated carbocycles. The fraction of sp³-hybridized carbons (Fsp3) is 0.500. The Kier molecular flexibility index (Phi) is 5.63. The van der Waals surface area contributed by atoms with E-state index in [4.69, 9.17) is 5.11 Å². The van der Waals surface area contributed by atoms with E-state index >= 15 is 0 Å². The molecule has 0 bridgehead atoms. The summed E-state index contributed by atoms with van der Waals surface area (Å²) in [7, 11) is -7.66. The van der Waals surface area contributed by atoms with Gasteiger partial charge in [-0.05, 0) is 43.5 Å². The lowest BCUT2D eigenvalue weighted by molar-refractivity contribution is -0.140. The molecule has 0 aliphatic carbocycles. The molecular formula is C14H20N2O6S2. The van der Waals surface area contributed by atoms with Crippen molar-refractivity contribution in [2.24, 2.45) is 0 Å². The van der Waals surface area contributed by atoms with Gasteiger partial charge >= 0.3 is 5.97 Å². The van der Waals surface area contributed by atoms with E-state index < -0.39 is 32.1 Å². The van der Waals surface area contributed by atoms with Crippen molar-refractivity contribution in [2.75, 3.05) is 13.1 Å². The van der Waals surface area contributed by atoms with Gasteiger partial charge in [-0.1, -0.05) is 6.92 Å². The third-order valence-electron chi connectivity index (χ3n) is 3.77. The van der Waals surface area contributed by atoms with Gasteiger partial charge in [-0.2, -0.15) is 4.31 Å². The number of carbonyl (C=O) groups is 1. The number of benzene rings is 1. The van der Waals surface area contributed by atoms with Crippen molar-refractivity contribution in [1.82, 2.24) is 9.03 Å². The molecule has 1 saturated heterocycles. The number of carboxylic acid groups (broad SMARTS) is 1. The molecule has 24 heavy (non-hydrogen) atoms. The van der Waals surface area contributed by atoms with Gasteiger partial charge in [0.1, 0.15) is 6.04 Å². The van der Waals surface area contributed by atoms with Gasteiger partial charge in [0.05, 0.1) is 9.79 Å². The molecule has 1 atom stereocenters. The van der Waals surface area contributed by atoms with Gasteiger partial charge in [0.2, 0.25) is 20.0 Å². The number of hydrogen-bond acceptors (Lipinski definition) is 5. The van der Waals surface area contributed by atoms with Gasteiger partial charge < -0.3 is 5.11 Å². The van der Waals surface area contributed by atoms with Gasteiger partial charge in [-0.25, -0.2) is 21.6 Å². The second-order valence-corrected chi connectivity index (χ2v) is 9.14. The molecule has 10 heteroatoms. The first-order chi connectivity index (χ1) is 11.2. The summed E-state index contributed by atoms with van der Waals surface area (Å²) in [6.07, 6.45) is 1.38. The molecule has 1 aliphatic heterocycles. The van der Waals surface area contributed by atoms with Crippen LogP contribution in [0.2, 0.25) is 0 Å². The lowest BCUT2D eigenvalue weighted by Gasteiger charge is -2.21. The quantitative estimate of drug-likeness (QED) is 0.719. The first-order valence-electron chi connectivity index (χ1n) is 7.54. The lowest BCUT2D eigenvalue weighted by Crippen LogP contribution is -2.40. The second kappa shape index (κ2) is 7.18. The molecule has 134 valence electrons. The molecule has 0 amide bonds. The summed E-state index contributed by atoms with van der Waals surface area (Å²) in [6.45, 7) is 2.25. The molecule has 0 aromatic heterocycles. The average molecular weight is 376 g/mol. The summed E-state index contributed by atoms with van der Waals surface area (Å²) in [4.78, 5) is 11.0. The van der Waals surface area contributed by atoms with Crippen molar-refractivity contribution in [3.63, 3.8) is 0 Å². The van der Waals surface area contributed by atoms with E-state index in [1.54, 1.807) is 0 Å². The molecule has 1 aliphatic rings. The maximum absolute atomic E-state index is 12.6. The number of rotatable bonds is 7. The third kappa shape index (κ3) is 3.77. The van der Waals surface area contributed by atoms with Gasteiger partial charge in [0, 0.05) is 13.1 Å². The number of carboxylic acids is 1. The summed E-state index contributed by atoms with van der Waals surface area (Å²) in [5, 5.41) is 9.13. The average Bonchev–Trinajstić information content (AvgIpc) is 3.04. The number of nitrogens with one attached hydrogen (secondary N) is 1. The zero-order valence-corrected chi connectivity index (χ0v) is 14.8. The normalized spacial score (nSPS) is 19.5. The Hall–Kier alpha value is -1.49. The topological polar surface area (TPSA) is 121 Å². The van der Waals surface area contributed by atoms with Gasteiger partial charge in [0.15, 0.2) is 0 Å². The molecule has 1 heterocycles. The zero-order chi connectivity index (χ0) is 18.0. The Morgan fingerprint density at radius 1 is 1.21 bits per heavy atom. The van der Waals surface area contributed by atoms with E-state index in [0.717, 1.165) is 4.31 Å². The van der Waals surface area contributed by atoms with Crippen LogP contribution in [-0.2, 0) is 24.8 Å². The molecule has 2 rings (SSSR count). The molecule has 1 fully saturated rings. The highest BCUT2D eigenvalue weighted by molar-refractivity contribution is 7.89. The number of hydrogen-bond donors (Lipinski definition) is 2. The standard InChI is InChI=1S/C14H20N2O6S2/c1-2-9-15-23(19,20)11-5-7-12(8-6-11)24(21,22)16-10-3-4-13(16)14(17)18/h5-8,13,15H,2-4,9-10H2,1H3,(H,17,18). The first-order valence-corrected chi connectivity index (χ1v) is 10.5. The smallest absolute Gasteiger partial charge is 0.322 e. The lowest BCUT2D eigenvalue weighted by atomic mass is 10.2. The van der Waals surface area contributed by atoms with Crippen molar-refractivity contribution in [1.29, 1.82) is 0 Å². The molecule has 2 N–H and O–H groups in total. The van der Waals surface area contributed by atoms with Gasteiger partial charge in [-0.3, -0.25) is 4.79 Å². The van der Waals surface area contributed by atoms with Crippen LogP contribution < -0.4 is 4.72 Å². The minimum Gasteiger partial charge on any atom is -0.480 e. The van der Waals surface area contributed by atoms with Crippen molar-refractivity contribution in [2.45, 2.75) is 42.0 Å². The van der Waals surface area contributed by atoms with Crippen LogP contribution in [-0.4, -0.2) is 51.3 Å². The molecular weight excluding hydrogens is 356 g/mol.